The smallest absolute Gasteiger partial charge is 0.0710 e. The first kappa shape index (κ1) is 15.5. The summed E-state index contributed by atoms with van der Waals surface area (Å²) in [4.78, 5) is 2.52. The van der Waals surface area contributed by atoms with Crippen LogP contribution in [0.15, 0.2) is 24.3 Å². The van der Waals surface area contributed by atoms with E-state index < -0.39 is 0 Å². The molecule has 0 aliphatic carbocycles. The van der Waals surface area contributed by atoms with Gasteiger partial charge in [-0.05, 0) is 37.4 Å². The van der Waals surface area contributed by atoms with Gasteiger partial charge in [0, 0.05) is 32.8 Å². The fourth-order valence-electron chi connectivity index (χ4n) is 3.10. The number of ether oxygens (including phenoxy) is 1. The predicted octanol–water partition coefficient (Wildman–Crippen LogP) is 2.76. The maximum atomic E-state index is 5.44. The highest BCUT2D eigenvalue weighted by molar-refractivity contribution is 5.28. The second-order valence-electron chi connectivity index (χ2n) is 5.70. The van der Waals surface area contributed by atoms with Gasteiger partial charge in [-0.3, -0.25) is 0 Å². The number of methoxy groups -OCH3 is 1. The number of likely N-dealkylation sites (tertiary alicyclic amines) is 1. The van der Waals surface area contributed by atoms with Crippen molar-refractivity contribution in [1.29, 1.82) is 0 Å². The topological polar surface area (TPSA) is 24.5 Å². The first-order chi connectivity index (χ1) is 9.74. The Morgan fingerprint density at radius 3 is 2.85 bits per heavy atom. The highest BCUT2D eigenvalue weighted by Gasteiger charge is 2.23. The molecule has 1 fully saturated rings. The molecule has 0 radical (unpaired) electrons. The largest absolute Gasteiger partial charge is 0.380 e. The molecule has 2 rings (SSSR count). The lowest BCUT2D eigenvalue weighted by Gasteiger charge is -2.23. The minimum absolute atomic E-state index is 0.436. The number of nitrogens with one attached hydrogen (secondary N) is 1. The summed E-state index contributed by atoms with van der Waals surface area (Å²) in [5.41, 5.74) is 2.83. The molecule has 1 aliphatic heterocycles. The molecular weight excluding hydrogens is 248 g/mol. The Hall–Kier alpha value is -0.900. The van der Waals surface area contributed by atoms with Crippen LogP contribution >= 0.6 is 0 Å². The summed E-state index contributed by atoms with van der Waals surface area (Å²) in [6.07, 6.45) is 2.77. The van der Waals surface area contributed by atoms with Crippen LogP contribution in [0.2, 0.25) is 0 Å². The summed E-state index contributed by atoms with van der Waals surface area (Å²) < 4.78 is 5.44. The standard InChI is InChI=1S/C17H28N2O/c1-4-18-17(16-8-6-5-7-14(16)2)10-12-19-11-9-15(13-19)20-3/h5-8,15,17-18H,4,9-13H2,1-3H3. The summed E-state index contributed by atoms with van der Waals surface area (Å²) in [6.45, 7) is 8.80. The third-order valence-electron chi connectivity index (χ3n) is 4.31. The van der Waals surface area contributed by atoms with Gasteiger partial charge in [-0.15, -0.1) is 0 Å². The van der Waals surface area contributed by atoms with Gasteiger partial charge < -0.3 is 15.0 Å². The Balaban J connectivity index is 1.92. The van der Waals surface area contributed by atoms with E-state index in [0.29, 0.717) is 12.1 Å². The second-order valence-corrected chi connectivity index (χ2v) is 5.70. The van der Waals surface area contributed by atoms with Crippen molar-refractivity contribution >= 4 is 0 Å². The van der Waals surface area contributed by atoms with Gasteiger partial charge in [0.1, 0.15) is 0 Å². The second kappa shape index (κ2) is 7.77. The molecule has 112 valence electrons. The van der Waals surface area contributed by atoms with Gasteiger partial charge in [0.25, 0.3) is 0 Å². The van der Waals surface area contributed by atoms with Crippen LogP contribution in [0.3, 0.4) is 0 Å². The number of hydrogen-bond donors (Lipinski definition) is 1. The highest BCUT2D eigenvalue weighted by atomic mass is 16.5. The Morgan fingerprint density at radius 2 is 2.20 bits per heavy atom. The van der Waals surface area contributed by atoms with Crippen molar-refractivity contribution in [1.82, 2.24) is 10.2 Å². The summed E-state index contributed by atoms with van der Waals surface area (Å²) in [5.74, 6) is 0. The third-order valence-corrected chi connectivity index (χ3v) is 4.31. The number of benzene rings is 1. The lowest BCUT2D eigenvalue weighted by molar-refractivity contribution is 0.107. The molecule has 0 bridgehead atoms. The maximum absolute atomic E-state index is 5.44. The monoisotopic (exact) mass is 276 g/mol. The molecule has 1 aromatic rings. The molecule has 20 heavy (non-hydrogen) atoms. The lowest BCUT2D eigenvalue weighted by Crippen LogP contribution is -2.29. The first-order valence-electron chi connectivity index (χ1n) is 7.78. The minimum atomic E-state index is 0.436. The number of aryl methyl sites for hydroxylation is 1. The van der Waals surface area contributed by atoms with E-state index in [-0.39, 0.29) is 0 Å². The van der Waals surface area contributed by atoms with Crippen molar-refractivity contribution in [2.75, 3.05) is 33.3 Å². The van der Waals surface area contributed by atoms with Crippen molar-refractivity contribution < 1.29 is 4.74 Å². The summed E-state index contributed by atoms with van der Waals surface area (Å²) >= 11 is 0. The van der Waals surface area contributed by atoms with E-state index in [4.69, 9.17) is 4.74 Å². The van der Waals surface area contributed by atoms with E-state index in [2.05, 4.69) is 48.3 Å². The van der Waals surface area contributed by atoms with Crippen molar-refractivity contribution in [3.63, 3.8) is 0 Å². The molecule has 3 nitrogen and oxygen atoms in total. The van der Waals surface area contributed by atoms with Crippen LogP contribution in [0.25, 0.3) is 0 Å². The van der Waals surface area contributed by atoms with Crippen LogP contribution in [-0.2, 0) is 4.74 Å². The van der Waals surface area contributed by atoms with E-state index in [0.717, 1.165) is 26.1 Å². The van der Waals surface area contributed by atoms with Gasteiger partial charge in [-0.2, -0.15) is 0 Å². The Labute approximate surface area is 123 Å². The van der Waals surface area contributed by atoms with Crippen LogP contribution in [-0.4, -0.2) is 44.3 Å². The molecule has 0 amide bonds. The normalized spacial score (nSPS) is 21.2. The average Bonchev–Trinajstić information content (AvgIpc) is 2.92. The van der Waals surface area contributed by atoms with E-state index in [1.165, 1.54) is 24.1 Å². The zero-order valence-corrected chi connectivity index (χ0v) is 13.1. The van der Waals surface area contributed by atoms with Crippen LogP contribution in [0, 0.1) is 6.92 Å². The van der Waals surface area contributed by atoms with E-state index in [1.54, 1.807) is 0 Å². The predicted molar refractivity (Wildman–Crippen MR) is 84.1 cm³/mol. The molecular formula is C17H28N2O. The Morgan fingerprint density at radius 1 is 1.40 bits per heavy atom. The van der Waals surface area contributed by atoms with Gasteiger partial charge >= 0.3 is 0 Å². The zero-order valence-electron chi connectivity index (χ0n) is 13.1. The van der Waals surface area contributed by atoms with Crippen molar-refractivity contribution in [2.45, 2.75) is 38.8 Å². The molecule has 2 unspecified atom stereocenters. The molecule has 1 heterocycles. The van der Waals surface area contributed by atoms with Gasteiger partial charge in [0.2, 0.25) is 0 Å². The molecule has 0 aromatic heterocycles. The Kier molecular flexibility index (Phi) is 6.02. The lowest BCUT2D eigenvalue weighted by atomic mass is 9.98. The van der Waals surface area contributed by atoms with Crippen molar-refractivity contribution in [2.24, 2.45) is 0 Å². The summed E-state index contributed by atoms with van der Waals surface area (Å²) in [7, 11) is 1.82. The van der Waals surface area contributed by atoms with Crippen molar-refractivity contribution in [3.05, 3.63) is 35.4 Å². The molecule has 1 aliphatic rings. The highest BCUT2D eigenvalue weighted by Crippen LogP contribution is 2.22. The third kappa shape index (κ3) is 4.05. The molecule has 1 N–H and O–H groups in total. The molecule has 1 saturated heterocycles. The van der Waals surface area contributed by atoms with Gasteiger partial charge in [-0.1, -0.05) is 31.2 Å². The molecule has 3 heteroatoms. The molecule has 1 aromatic carbocycles. The summed E-state index contributed by atoms with van der Waals surface area (Å²) in [5, 5.41) is 3.63. The van der Waals surface area contributed by atoms with E-state index in [9.17, 15) is 0 Å². The van der Waals surface area contributed by atoms with Gasteiger partial charge in [0.05, 0.1) is 6.10 Å². The van der Waals surface area contributed by atoms with Gasteiger partial charge in [-0.25, -0.2) is 0 Å². The van der Waals surface area contributed by atoms with Crippen LogP contribution in [0.5, 0.6) is 0 Å². The number of rotatable bonds is 7. The van der Waals surface area contributed by atoms with Crippen LogP contribution < -0.4 is 5.32 Å². The van der Waals surface area contributed by atoms with E-state index >= 15 is 0 Å². The molecule has 0 saturated carbocycles. The number of nitrogens with zero attached hydrogens (tertiary/aromatic N) is 1. The molecule has 0 spiro atoms. The van der Waals surface area contributed by atoms with Crippen molar-refractivity contribution in [3.8, 4) is 0 Å². The first-order valence-corrected chi connectivity index (χ1v) is 7.78. The summed E-state index contributed by atoms with van der Waals surface area (Å²) in [6, 6.07) is 9.18. The quantitative estimate of drug-likeness (QED) is 0.829. The zero-order chi connectivity index (χ0) is 14.4. The fraction of sp³-hybridized carbons (Fsp3) is 0.647. The fourth-order valence-corrected chi connectivity index (χ4v) is 3.10. The average molecular weight is 276 g/mol. The maximum Gasteiger partial charge on any atom is 0.0710 e. The number of hydrogen-bond acceptors (Lipinski definition) is 3. The molecule has 2 atom stereocenters. The van der Waals surface area contributed by atoms with Gasteiger partial charge in [0.15, 0.2) is 0 Å². The van der Waals surface area contributed by atoms with E-state index in [1.807, 2.05) is 7.11 Å². The Bertz CT molecular complexity index is 408. The SMILES string of the molecule is CCNC(CCN1CCC(OC)C1)c1ccccc1C. The minimum Gasteiger partial charge on any atom is -0.380 e. The van der Waals surface area contributed by atoms with Crippen LogP contribution in [0.1, 0.15) is 36.9 Å². The van der Waals surface area contributed by atoms with Crippen LogP contribution in [0.4, 0.5) is 0 Å².